The van der Waals surface area contributed by atoms with Crippen molar-refractivity contribution in [3.8, 4) is 0 Å². The summed E-state index contributed by atoms with van der Waals surface area (Å²) < 4.78 is 11.2. The van der Waals surface area contributed by atoms with Crippen molar-refractivity contribution in [2.75, 3.05) is 12.0 Å². The predicted octanol–water partition coefficient (Wildman–Crippen LogP) is 1.53. The van der Waals surface area contributed by atoms with Gasteiger partial charge in [0.25, 0.3) is 0 Å². The number of aliphatic carboxylic acids is 1. The van der Waals surface area contributed by atoms with E-state index in [1.165, 1.54) is 0 Å². The van der Waals surface area contributed by atoms with E-state index in [0.29, 0.717) is 18.6 Å². The van der Waals surface area contributed by atoms with E-state index in [1.807, 2.05) is 30.3 Å². The standard InChI is InChI=1S/C16H24N2O4S/c1-12(11-23(2)22)17-16(21)18-14(8-9-15(19)20)10-13-6-4-3-5-7-13/h3-7,12,14H,8-11H2,1-2H3,(H,19,20)(H2,17,18,21). The number of nitrogens with one attached hydrogen (secondary N) is 2. The molecule has 0 aliphatic rings. The summed E-state index contributed by atoms with van der Waals surface area (Å²) in [6, 6.07) is 8.75. The number of rotatable bonds is 9. The summed E-state index contributed by atoms with van der Waals surface area (Å²) >= 11 is 0. The maximum atomic E-state index is 12.0. The van der Waals surface area contributed by atoms with E-state index in [-0.39, 0.29) is 24.5 Å². The van der Waals surface area contributed by atoms with Crippen LogP contribution in [0.15, 0.2) is 30.3 Å². The van der Waals surface area contributed by atoms with Crippen LogP contribution in [0.4, 0.5) is 4.79 Å². The van der Waals surface area contributed by atoms with E-state index >= 15 is 0 Å². The summed E-state index contributed by atoms with van der Waals surface area (Å²) in [7, 11) is -0.986. The molecule has 7 heteroatoms. The molecule has 0 saturated carbocycles. The minimum Gasteiger partial charge on any atom is -0.481 e. The van der Waals surface area contributed by atoms with E-state index in [4.69, 9.17) is 5.11 Å². The first kappa shape index (κ1) is 19.2. The van der Waals surface area contributed by atoms with Gasteiger partial charge in [-0.15, -0.1) is 0 Å². The molecule has 3 unspecified atom stereocenters. The van der Waals surface area contributed by atoms with Gasteiger partial charge in [-0.25, -0.2) is 4.79 Å². The highest BCUT2D eigenvalue weighted by Gasteiger charge is 2.16. The summed E-state index contributed by atoms with van der Waals surface area (Å²) in [6.07, 6.45) is 2.49. The Bertz CT molecular complexity index is 536. The minimum absolute atomic E-state index is 0.00763. The third kappa shape index (κ3) is 8.97. The molecule has 0 saturated heterocycles. The topological polar surface area (TPSA) is 95.5 Å². The largest absolute Gasteiger partial charge is 0.481 e. The van der Waals surface area contributed by atoms with E-state index < -0.39 is 16.8 Å². The van der Waals surface area contributed by atoms with Crippen molar-refractivity contribution in [3.63, 3.8) is 0 Å². The maximum absolute atomic E-state index is 12.0. The summed E-state index contributed by atoms with van der Waals surface area (Å²) in [6.45, 7) is 1.78. The molecule has 0 heterocycles. The quantitative estimate of drug-likeness (QED) is 0.635. The molecule has 6 nitrogen and oxygen atoms in total. The van der Waals surface area contributed by atoms with Gasteiger partial charge < -0.3 is 15.7 Å². The number of hydrogen-bond acceptors (Lipinski definition) is 3. The van der Waals surface area contributed by atoms with Crippen molar-refractivity contribution in [1.82, 2.24) is 10.6 Å². The number of carbonyl (C=O) groups is 2. The second-order valence-corrected chi connectivity index (χ2v) is 7.06. The average Bonchev–Trinajstić information content (AvgIpc) is 2.44. The van der Waals surface area contributed by atoms with Gasteiger partial charge in [-0.3, -0.25) is 9.00 Å². The Morgan fingerprint density at radius 3 is 2.43 bits per heavy atom. The van der Waals surface area contributed by atoms with Crippen LogP contribution in [0.5, 0.6) is 0 Å². The fourth-order valence-corrected chi connectivity index (χ4v) is 3.05. The zero-order chi connectivity index (χ0) is 17.2. The van der Waals surface area contributed by atoms with Crippen LogP contribution in [0.2, 0.25) is 0 Å². The van der Waals surface area contributed by atoms with Crippen LogP contribution in [0.1, 0.15) is 25.3 Å². The van der Waals surface area contributed by atoms with Crippen LogP contribution >= 0.6 is 0 Å². The van der Waals surface area contributed by atoms with Crippen LogP contribution in [-0.2, 0) is 22.0 Å². The highest BCUT2D eigenvalue weighted by atomic mass is 32.2. The zero-order valence-corrected chi connectivity index (χ0v) is 14.3. The van der Waals surface area contributed by atoms with Gasteiger partial charge in [0.1, 0.15) is 0 Å². The molecule has 0 spiro atoms. The van der Waals surface area contributed by atoms with Gasteiger partial charge in [0, 0.05) is 41.3 Å². The van der Waals surface area contributed by atoms with Gasteiger partial charge in [-0.05, 0) is 25.3 Å². The Morgan fingerprint density at radius 2 is 1.87 bits per heavy atom. The van der Waals surface area contributed by atoms with Crippen molar-refractivity contribution < 1.29 is 18.9 Å². The van der Waals surface area contributed by atoms with Crippen LogP contribution in [-0.4, -0.2) is 45.4 Å². The second kappa shape index (κ2) is 9.99. The Morgan fingerprint density at radius 1 is 1.22 bits per heavy atom. The summed E-state index contributed by atoms with van der Waals surface area (Å²) in [5, 5.41) is 14.4. The van der Waals surface area contributed by atoms with Crippen LogP contribution < -0.4 is 10.6 Å². The highest BCUT2D eigenvalue weighted by molar-refractivity contribution is 7.84. The Kier molecular flexibility index (Phi) is 8.32. The molecule has 128 valence electrons. The molecule has 0 aromatic heterocycles. The second-order valence-electron chi connectivity index (χ2n) is 5.58. The monoisotopic (exact) mass is 340 g/mol. The fraction of sp³-hybridized carbons (Fsp3) is 0.500. The summed E-state index contributed by atoms with van der Waals surface area (Å²) in [5.74, 6) is -0.508. The molecule has 1 rings (SSSR count). The number of urea groups is 1. The van der Waals surface area contributed by atoms with Crippen molar-refractivity contribution in [2.45, 2.75) is 38.3 Å². The predicted molar refractivity (Wildman–Crippen MR) is 90.9 cm³/mol. The molecule has 1 aromatic carbocycles. The van der Waals surface area contributed by atoms with Crippen LogP contribution in [0.25, 0.3) is 0 Å². The van der Waals surface area contributed by atoms with Gasteiger partial charge in [0.05, 0.1) is 0 Å². The smallest absolute Gasteiger partial charge is 0.315 e. The lowest BCUT2D eigenvalue weighted by Crippen LogP contribution is -2.47. The summed E-state index contributed by atoms with van der Waals surface area (Å²) in [4.78, 5) is 22.8. The van der Waals surface area contributed by atoms with E-state index in [1.54, 1.807) is 13.2 Å². The normalized spacial score (nSPS) is 14.5. The zero-order valence-electron chi connectivity index (χ0n) is 13.5. The van der Waals surface area contributed by atoms with Gasteiger partial charge in [0.2, 0.25) is 0 Å². The summed E-state index contributed by atoms with van der Waals surface area (Å²) in [5.41, 5.74) is 1.03. The van der Waals surface area contributed by atoms with Gasteiger partial charge in [-0.1, -0.05) is 30.3 Å². The lowest BCUT2D eigenvalue weighted by atomic mass is 10.0. The number of carboxylic acids is 1. The Labute approximate surface area is 139 Å². The van der Waals surface area contributed by atoms with E-state index in [9.17, 15) is 13.8 Å². The van der Waals surface area contributed by atoms with Crippen LogP contribution in [0.3, 0.4) is 0 Å². The minimum atomic E-state index is -0.986. The molecule has 0 fully saturated rings. The molecule has 2 amide bonds. The molecule has 3 N–H and O–H groups in total. The molecule has 0 bridgehead atoms. The molecular formula is C16H24N2O4S. The number of carboxylic acid groups (broad SMARTS) is 1. The molecule has 23 heavy (non-hydrogen) atoms. The molecule has 3 atom stereocenters. The van der Waals surface area contributed by atoms with E-state index in [0.717, 1.165) is 5.56 Å². The number of benzene rings is 1. The van der Waals surface area contributed by atoms with Crippen molar-refractivity contribution in [3.05, 3.63) is 35.9 Å². The number of hydrogen-bond donors (Lipinski definition) is 3. The van der Waals surface area contributed by atoms with Gasteiger partial charge in [0.15, 0.2) is 0 Å². The van der Waals surface area contributed by atoms with E-state index in [2.05, 4.69) is 10.6 Å². The molecule has 0 radical (unpaired) electrons. The molecular weight excluding hydrogens is 316 g/mol. The van der Waals surface area contributed by atoms with Gasteiger partial charge >= 0.3 is 12.0 Å². The van der Waals surface area contributed by atoms with Crippen molar-refractivity contribution >= 4 is 22.8 Å². The SMILES string of the molecule is CC(CS(C)=O)NC(=O)NC(CCC(=O)O)Cc1ccccc1. The molecule has 1 aromatic rings. The number of carbonyl (C=O) groups excluding carboxylic acids is 1. The fourth-order valence-electron chi connectivity index (χ4n) is 2.27. The Balaban J connectivity index is 2.59. The lowest BCUT2D eigenvalue weighted by Gasteiger charge is -2.20. The van der Waals surface area contributed by atoms with Crippen molar-refractivity contribution in [1.29, 1.82) is 0 Å². The third-order valence-corrected chi connectivity index (χ3v) is 4.20. The van der Waals surface area contributed by atoms with Crippen molar-refractivity contribution in [2.24, 2.45) is 0 Å². The first-order valence-electron chi connectivity index (χ1n) is 7.49. The highest BCUT2D eigenvalue weighted by Crippen LogP contribution is 2.08. The van der Waals surface area contributed by atoms with Crippen LogP contribution in [0, 0.1) is 0 Å². The maximum Gasteiger partial charge on any atom is 0.315 e. The first-order chi connectivity index (χ1) is 10.9. The number of amides is 2. The third-order valence-electron chi connectivity index (χ3n) is 3.23. The average molecular weight is 340 g/mol. The first-order valence-corrected chi connectivity index (χ1v) is 9.22. The lowest BCUT2D eigenvalue weighted by molar-refractivity contribution is -0.137. The van der Waals surface area contributed by atoms with Gasteiger partial charge in [-0.2, -0.15) is 0 Å². The molecule has 0 aliphatic carbocycles. The molecule has 0 aliphatic heterocycles. The Hall–Kier alpha value is -1.89.